The molecule has 0 spiro atoms. The van der Waals surface area contributed by atoms with Crippen LogP contribution in [0.25, 0.3) is 0 Å². The fourth-order valence-electron chi connectivity index (χ4n) is 0.412. The van der Waals surface area contributed by atoms with E-state index in [1.165, 1.54) is 6.08 Å². The maximum absolute atomic E-state index is 9.74. The lowest BCUT2D eigenvalue weighted by molar-refractivity contribution is -0.104. The molecule has 0 aromatic carbocycles. The predicted octanol–water partition coefficient (Wildman–Crippen LogP) is 1.33. The number of ether oxygens (including phenoxy) is 1. The van der Waals surface area contributed by atoms with Crippen LogP contribution in [0.15, 0.2) is 24.3 Å². The number of hydrogen-bond acceptors (Lipinski definition) is 2. The van der Waals surface area contributed by atoms with Gasteiger partial charge in [0.15, 0.2) is 0 Å². The lowest BCUT2D eigenvalue weighted by Gasteiger charge is -1.97. The zero-order valence-electron chi connectivity index (χ0n) is 6.17. The third-order valence-corrected chi connectivity index (χ3v) is 0.777. The van der Waals surface area contributed by atoms with Gasteiger partial charge in [-0.1, -0.05) is 18.2 Å². The summed E-state index contributed by atoms with van der Waals surface area (Å²) in [5, 5.41) is 0. The van der Waals surface area contributed by atoms with Crippen LogP contribution in [0.4, 0.5) is 0 Å². The molecule has 0 N–H and O–H groups in total. The second-order valence-corrected chi connectivity index (χ2v) is 2.04. The monoisotopic (exact) mass is 140 g/mol. The van der Waals surface area contributed by atoms with Gasteiger partial charge in [-0.15, -0.1) is 0 Å². The topological polar surface area (TPSA) is 26.3 Å². The van der Waals surface area contributed by atoms with Crippen molar-refractivity contribution in [2.45, 2.75) is 6.92 Å². The van der Waals surface area contributed by atoms with Crippen molar-refractivity contribution >= 4 is 6.29 Å². The van der Waals surface area contributed by atoms with Gasteiger partial charge in [-0.05, 0) is 13.0 Å². The Morgan fingerprint density at radius 2 is 2.40 bits per heavy atom. The van der Waals surface area contributed by atoms with E-state index in [9.17, 15) is 4.79 Å². The van der Waals surface area contributed by atoms with Gasteiger partial charge >= 0.3 is 0 Å². The van der Waals surface area contributed by atoms with Gasteiger partial charge in [0.25, 0.3) is 0 Å². The highest BCUT2D eigenvalue weighted by molar-refractivity contribution is 5.64. The van der Waals surface area contributed by atoms with E-state index in [2.05, 4.69) is 6.58 Å². The summed E-state index contributed by atoms with van der Waals surface area (Å²) in [5.41, 5.74) is 0.986. The van der Waals surface area contributed by atoms with Crippen molar-refractivity contribution in [3.05, 3.63) is 24.3 Å². The van der Waals surface area contributed by atoms with Gasteiger partial charge in [0.1, 0.15) is 6.29 Å². The number of aldehydes is 1. The molecule has 0 rings (SSSR count). The van der Waals surface area contributed by atoms with Crippen LogP contribution in [0, 0.1) is 0 Å². The summed E-state index contributed by atoms with van der Waals surface area (Å²) in [7, 11) is 0. The van der Waals surface area contributed by atoms with Crippen molar-refractivity contribution in [3.63, 3.8) is 0 Å². The summed E-state index contributed by atoms with van der Waals surface area (Å²) < 4.78 is 5.05. The molecule has 0 saturated carbocycles. The minimum Gasteiger partial charge on any atom is -0.373 e. The summed E-state index contributed by atoms with van der Waals surface area (Å²) in [6, 6.07) is 0. The summed E-state index contributed by atoms with van der Waals surface area (Å²) in [6.07, 6.45) is 3.80. The van der Waals surface area contributed by atoms with E-state index < -0.39 is 0 Å². The third-order valence-electron chi connectivity index (χ3n) is 0.777. The molecular weight excluding hydrogens is 128 g/mol. The Hall–Kier alpha value is -0.890. The van der Waals surface area contributed by atoms with Crippen LogP contribution in [0.2, 0.25) is 0 Å². The molecule has 0 amide bonds. The normalized spacial score (nSPS) is 10.1. The third kappa shape index (κ3) is 7.11. The summed E-state index contributed by atoms with van der Waals surface area (Å²) >= 11 is 0. The second kappa shape index (κ2) is 6.23. The largest absolute Gasteiger partial charge is 0.373 e. The number of rotatable bonds is 5. The lowest BCUT2D eigenvalue weighted by atomic mass is 10.4. The van der Waals surface area contributed by atoms with Crippen LogP contribution < -0.4 is 0 Å². The molecular formula is C8H12O2. The first-order valence-corrected chi connectivity index (χ1v) is 3.10. The molecule has 0 unspecified atom stereocenters. The molecule has 0 aliphatic carbocycles. The van der Waals surface area contributed by atoms with E-state index in [1.54, 1.807) is 6.08 Å². The van der Waals surface area contributed by atoms with Crippen LogP contribution in [-0.4, -0.2) is 19.5 Å². The Balaban J connectivity index is 3.12. The highest BCUT2D eigenvalue weighted by atomic mass is 16.5. The maximum atomic E-state index is 9.74. The number of carbonyl (C=O) groups is 1. The standard InChI is InChI=1S/C8H12O2/c1-8(2)7-10-6-4-3-5-9/h3-5H,1,6-7H2,2H3/b4-3+. The van der Waals surface area contributed by atoms with Gasteiger partial charge in [0.2, 0.25) is 0 Å². The van der Waals surface area contributed by atoms with Gasteiger partial charge < -0.3 is 4.74 Å². The number of carbonyl (C=O) groups excluding carboxylic acids is 1. The van der Waals surface area contributed by atoms with Crippen LogP contribution >= 0.6 is 0 Å². The quantitative estimate of drug-likeness (QED) is 0.249. The first-order chi connectivity index (χ1) is 4.77. The molecule has 0 saturated heterocycles. The smallest absolute Gasteiger partial charge is 0.142 e. The SMILES string of the molecule is C=C(C)COC/C=C/C=O. The van der Waals surface area contributed by atoms with Crippen molar-refractivity contribution < 1.29 is 9.53 Å². The molecule has 0 fully saturated rings. The lowest BCUT2D eigenvalue weighted by Crippen LogP contribution is -1.93. The molecule has 0 aliphatic heterocycles. The van der Waals surface area contributed by atoms with Gasteiger partial charge in [-0.25, -0.2) is 0 Å². The second-order valence-electron chi connectivity index (χ2n) is 2.04. The first-order valence-electron chi connectivity index (χ1n) is 3.10. The van der Waals surface area contributed by atoms with Crippen LogP contribution in [0.1, 0.15) is 6.92 Å². The molecule has 0 aromatic heterocycles. The van der Waals surface area contributed by atoms with Crippen molar-refractivity contribution in [1.82, 2.24) is 0 Å². The zero-order valence-corrected chi connectivity index (χ0v) is 6.17. The number of allylic oxidation sites excluding steroid dienone is 1. The summed E-state index contributed by atoms with van der Waals surface area (Å²) in [4.78, 5) is 9.74. The molecule has 0 bridgehead atoms. The van der Waals surface area contributed by atoms with Gasteiger partial charge in [-0.3, -0.25) is 4.79 Å². The molecule has 2 nitrogen and oxygen atoms in total. The molecule has 0 radical (unpaired) electrons. The Morgan fingerprint density at radius 1 is 1.70 bits per heavy atom. The van der Waals surface area contributed by atoms with Gasteiger partial charge in [0, 0.05) is 0 Å². The summed E-state index contributed by atoms with van der Waals surface area (Å²) in [5.74, 6) is 0. The molecule has 0 atom stereocenters. The fourth-order valence-corrected chi connectivity index (χ4v) is 0.412. The fraction of sp³-hybridized carbons (Fsp3) is 0.375. The van der Waals surface area contributed by atoms with Crippen molar-refractivity contribution in [3.8, 4) is 0 Å². The van der Waals surface area contributed by atoms with E-state index >= 15 is 0 Å². The van der Waals surface area contributed by atoms with Gasteiger partial charge in [0.05, 0.1) is 13.2 Å². The number of hydrogen-bond donors (Lipinski definition) is 0. The Bertz CT molecular complexity index is 136. The van der Waals surface area contributed by atoms with Gasteiger partial charge in [-0.2, -0.15) is 0 Å². The predicted molar refractivity (Wildman–Crippen MR) is 40.8 cm³/mol. The molecule has 0 heterocycles. The average molecular weight is 140 g/mol. The van der Waals surface area contributed by atoms with E-state index in [4.69, 9.17) is 4.74 Å². The minimum atomic E-state index is 0.478. The van der Waals surface area contributed by atoms with Crippen molar-refractivity contribution in [2.24, 2.45) is 0 Å². The average Bonchev–Trinajstić information content (AvgIpc) is 1.87. The Morgan fingerprint density at radius 3 is 2.90 bits per heavy atom. The maximum Gasteiger partial charge on any atom is 0.142 e. The molecule has 0 aromatic rings. The van der Waals surface area contributed by atoms with Crippen molar-refractivity contribution in [2.75, 3.05) is 13.2 Å². The Labute approximate surface area is 61.2 Å². The minimum absolute atomic E-state index is 0.478. The van der Waals surface area contributed by atoms with E-state index in [-0.39, 0.29) is 0 Å². The van der Waals surface area contributed by atoms with Crippen LogP contribution in [0.3, 0.4) is 0 Å². The molecule has 2 heteroatoms. The molecule has 10 heavy (non-hydrogen) atoms. The van der Waals surface area contributed by atoms with Crippen molar-refractivity contribution in [1.29, 1.82) is 0 Å². The zero-order chi connectivity index (χ0) is 7.82. The van der Waals surface area contributed by atoms with E-state index in [0.717, 1.165) is 11.9 Å². The molecule has 56 valence electrons. The Kier molecular flexibility index (Phi) is 5.68. The molecule has 0 aliphatic rings. The highest BCUT2D eigenvalue weighted by Crippen LogP contribution is 1.87. The highest BCUT2D eigenvalue weighted by Gasteiger charge is 1.82. The summed E-state index contributed by atoms with van der Waals surface area (Å²) in [6.45, 7) is 6.58. The van der Waals surface area contributed by atoms with Crippen LogP contribution in [-0.2, 0) is 9.53 Å². The van der Waals surface area contributed by atoms with Crippen LogP contribution in [0.5, 0.6) is 0 Å². The van der Waals surface area contributed by atoms with E-state index in [1.807, 2.05) is 6.92 Å². The first kappa shape index (κ1) is 9.11. The van der Waals surface area contributed by atoms with E-state index in [0.29, 0.717) is 13.2 Å².